The SMILES string of the molecule is C=C(C)Cn1c(C(=O)Nc2ccccc2)cc2scc(Br)c21. The Labute approximate surface area is 141 Å². The molecule has 0 fully saturated rings. The van der Waals surface area contributed by atoms with Crippen LogP contribution in [0, 0.1) is 0 Å². The molecule has 2 heterocycles. The molecule has 22 heavy (non-hydrogen) atoms. The number of carbonyl (C=O) groups is 1. The number of nitrogens with zero attached hydrogens (tertiary/aromatic N) is 1. The fourth-order valence-corrected chi connectivity index (χ4v) is 4.06. The summed E-state index contributed by atoms with van der Waals surface area (Å²) < 4.78 is 4.11. The molecule has 0 aliphatic rings. The van der Waals surface area contributed by atoms with Gasteiger partial charge in [0.2, 0.25) is 0 Å². The highest BCUT2D eigenvalue weighted by Crippen LogP contribution is 2.34. The van der Waals surface area contributed by atoms with Gasteiger partial charge in [-0.15, -0.1) is 11.3 Å². The zero-order valence-electron chi connectivity index (χ0n) is 12.1. The van der Waals surface area contributed by atoms with Crippen molar-refractivity contribution < 1.29 is 4.79 Å². The number of anilines is 1. The first-order valence-electron chi connectivity index (χ1n) is 6.83. The van der Waals surface area contributed by atoms with E-state index >= 15 is 0 Å². The second-order valence-electron chi connectivity index (χ2n) is 5.19. The number of benzene rings is 1. The lowest BCUT2D eigenvalue weighted by atomic mass is 10.3. The van der Waals surface area contributed by atoms with Crippen LogP contribution in [0.15, 0.2) is 58.4 Å². The molecule has 1 N–H and O–H groups in total. The van der Waals surface area contributed by atoms with E-state index in [0.717, 1.165) is 25.9 Å². The Balaban J connectivity index is 2.02. The third-order valence-corrected chi connectivity index (χ3v) is 5.10. The second kappa shape index (κ2) is 6.10. The summed E-state index contributed by atoms with van der Waals surface area (Å²) in [5, 5.41) is 4.98. The largest absolute Gasteiger partial charge is 0.331 e. The Morgan fingerprint density at radius 3 is 2.77 bits per heavy atom. The Morgan fingerprint density at radius 1 is 1.36 bits per heavy atom. The van der Waals surface area contributed by atoms with Crippen LogP contribution in [-0.2, 0) is 6.54 Å². The van der Waals surface area contributed by atoms with E-state index < -0.39 is 0 Å². The predicted octanol–water partition coefficient (Wildman–Crippen LogP) is 5.29. The first kappa shape index (κ1) is 15.1. The summed E-state index contributed by atoms with van der Waals surface area (Å²) in [6, 6.07) is 11.4. The smallest absolute Gasteiger partial charge is 0.272 e. The van der Waals surface area contributed by atoms with E-state index in [-0.39, 0.29) is 5.91 Å². The lowest BCUT2D eigenvalue weighted by Gasteiger charge is -2.11. The number of hydrogen-bond donors (Lipinski definition) is 1. The number of para-hydroxylation sites is 1. The summed E-state index contributed by atoms with van der Waals surface area (Å²) >= 11 is 5.19. The quantitative estimate of drug-likeness (QED) is 0.618. The number of halogens is 1. The molecule has 1 aromatic carbocycles. The topological polar surface area (TPSA) is 34.0 Å². The Bertz CT molecular complexity index is 848. The number of thiophene rings is 1. The highest BCUT2D eigenvalue weighted by atomic mass is 79.9. The van der Waals surface area contributed by atoms with Crippen LogP contribution in [0.5, 0.6) is 0 Å². The van der Waals surface area contributed by atoms with E-state index in [0.29, 0.717) is 12.2 Å². The summed E-state index contributed by atoms with van der Waals surface area (Å²) in [7, 11) is 0. The molecule has 5 heteroatoms. The van der Waals surface area contributed by atoms with E-state index in [2.05, 4.69) is 27.8 Å². The number of allylic oxidation sites excluding steroid dienone is 1. The molecule has 3 nitrogen and oxygen atoms in total. The molecule has 0 radical (unpaired) electrons. The van der Waals surface area contributed by atoms with Crippen LogP contribution < -0.4 is 5.32 Å². The maximum Gasteiger partial charge on any atom is 0.272 e. The van der Waals surface area contributed by atoms with Gasteiger partial charge < -0.3 is 9.88 Å². The maximum absolute atomic E-state index is 12.6. The summed E-state index contributed by atoms with van der Waals surface area (Å²) in [6.07, 6.45) is 0. The van der Waals surface area contributed by atoms with Crippen LogP contribution in [-0.4, -0.2) is 10.5 Å². The van der Waals surface area contributed by atoms with Gasteiger partial charge in [0.15, 0.2) is 0 Å². The monoisotopic (exact) mass is 374 g/mol. The number of hydrogen-bond acceptors (Lipinski definition) is 2. The summed E-state index contributed by atoms with van der Waals surface area (Å²) in [4.78, 5) is 12.6. The van der Waals surface area contributed by atoms with Gasteiger partial charge in [0.1, 0.15) is 5.69 Å². The van der Waals surface area contributed by atoms with Gasteiger partial charge in [0, 0.05) is 17.6 Å². The van der Waals surface area contributed by atoms with Gasteiger partial charge >= 0.3 is 0 Å². The highest BCUT2D eigenvalue weighted by molar-refractivity contribution is 9.10. The van der Waals surface area contributed by atoms with Gasteiger partial charge in [0.25, 0.3) is 5.91 Å². The highest BCUT2D eigenvalue weighted by Gasteiger charge is 2.18. The molecule has 0 aliphatic heterocycles. The third-order valence-electron chi connectivity index (χ3n) is 3.27. The Morgan fingerprint density at radius 2 is 2.09 bits per heavy atom. The van der Waals surface area contributed by atoms with Gasteiger partial charge in [-0.1, -0.05) is 30.4 Å². The van der Waals surface area contributed by atoms with Gasteiger partial charge in [0.05, 0.1) is 14.7 Å². The average Bonchev–Trinajstić information content (AvgIpc) is 3.01. The molecule has 0 bridgehead atoms. The molecule has 0 atom stereocenters. The van der Waals surface area contributed by atoms with Crippen molar-refractivity contribution in [1.82, 2.24) is 4.57 Å². The van der Waals surface area contributed by atoms with E-state index in [4.69, 9.17) is 0 Å². The maximum atomic E-state index is 12.6. The van der Waals surface area contributed by atoms with Gasteiger partial charge in [-0.3, -0.25) is 4.79 Å². The molecule has 3 aromatic rings. The normalized spacial score (nSPS) is 10.8. The number of rotatable bonds is 4. The van der Waals surface area contributed by atoms with E-state index in [1.807, 2.05) is 53.3 Å². The van der Waals surface area contributed by atoms with Crippen LogP contribution in [0.2, 0.25) is 0 Å². The van der Waals surface area contributed by atoms with Crippen molar-refractivity contribution in [3.63, 3.8) is 0 Å². The van der Waals surface area contributed by atoms with Gasteiger partial charge in [-0.2, -0.15) is 0 Å². The fraction of sp³-hybridized carbons (Fsp3) is 0.118. The van der Waals surface area contributed by atoms with E-state index in [1.165, 1.54) is 0 Å². The van der Waals surface area contributed by atoms with Crippen molar-refractivity contribution in [2.45, 2.75) is 13.5 Å². The molecule has 2 aromatic heterocycles. The van der Waals surface area contributed by atoms with Crippen molar-refractivity contribution in [2.75, 3.05) is 5.32 Å². The summed E-state index contributed by atoms with van der Waals surface area (Å²) in [5.41, 5.74) is 3.49. The number of amides is 1. The van der Waals surface area contributed by atoms with Crippen molar-refractivity contribution in [1.29, 1.82) is 0 Å². The molecule has 0 aliphatic carbocycles. The molecular formula is C17H15BrN2OS. The van der Waals surface area contributed by atoms with Crippen molar-refractivity contribution in [3.8, 4) is 0 Å². The number of aromatic nitrogens is 1. The Kier molecular flexibility index (Phi) is 4.18. The third kappa shape index (κ3) is 2.87. The fourth-order valence-electron chi connectivity index (χ4n) is 2.37. The molecule has 0 spiro atoms. The van der Waals surface area contributed by atoms with E-state index in [1.54, 1.807) is 11.3 Å². The molecule has 112 valence electrons. The second-order valence-corrected chi connectivity index (χ2v) is 6.96. The van der Waals surface area contributed by atoms with Crippen LogP contribution in [0.4, 0.5) is 5.69 Å². The minimum Gasteiger partial charge on any atom is -0.331 e. The van der Waals surface area contributed by atoms with Gasteiger partial charge in [-0.25, -0.2) is 0 Å². The Hall–Kier alpha value is -1.85. The number of nitrogens with one attached hydrogen (secondary N) is 1. The van der Waals surface area contributed by atoms with Crippen LogP contribution in [0.3, 0.4) is 0 Å². The van der Waals surface area contributed by atoms with Crippen LogP contribution >= 0.6 is 27.3 Å². The summed E-state index contributed by atoms with van der Waals surface area (Å²) in [5.74, 6) is -0.109. The lowest BCUT2D eigenvalue weighted by molar-refractivity contribution is 0.101. The molecule has 0 unspecified atom stereocenters. The van der Waals surface area contributed by atoms with Crippen molar-refractivity contribution in [2.24, 2.45) is 0 Å². The minimum absolute atomic E-state index is 0.109. The number of carbonyl (C=O) groups excluding carboxylic acids is 1. The molecular weight excluding hydrogens is 360 g/mol. The van der Waals surface area contributed by atoms with Crippen molar-refractivity contribution in [3.05, 3.63) is 64.1 Å². The molecule has 1 amide bonds. The van der Waals surface area contributed by atoms with Crippen molar-refractivity contribution >= 4 is 49.1 Å². The predicted molar refractivity (Wildman–Crippen MR) is 96.7 cm³/mol. The van der Waals surface area contributed by atoms with E-state index in [9.17, 15) is 4.79 Å². The molecule has 3 rings (SSSR count). The minimum atomic E-state index is -0.109. The van der Waals surface area contributed by atoms with Crippen LogP contribution in [0.25, 0.3) is 10.2 Å². The standard InChI is InChI=1S/C17H15BrN2OS/c1-11(2)9-20-14(8-15-16(20)13(18)10-22-15)17(21)19-12-6-4-3-5-7-12/h3-8,10H,1,9H2,2H3,(H,19,21). The molecule has 0 saturated carbocycles. The average molecular weight is 375 g/mol. The zero-order valence-corrected chi connectivity index (χ0v) is 14.5. The lowest BCUT2D eigenvalue weighted by Crippen LogP contribution is -2.17. The molecule has 0 saturated heterocycles. The van der Waals surface area contributed by atoms with Crippen LogP contribution in [0.1, 0.15) is 17.4 Å². The summed E-state index contributed by atoms with van der Waals surface area (Å²) in [6.45, 7) is 6.56. The number of fused-ring (bicyclic) bond motifs is 1. The zero-order chi connectivity index (χ0) is 15.7. The first-order valence-corrected chi connectivity index (χ1v) is 8.50. The van der Waals surface area contributed by atoms with Gasteiger partial charge in [-0.05, 0) is 41.1 Å². The first-order chi connectivity index (χ1) is 10.6.